The molecule has 0 saturated carbocycles. The highest BCUT2D eigenvalue weighted by Crippen LogP contribution is 2.51. The molecule has 1 aliphatic rings. The van der Waals surface area contributed by atoms with Gasteiger partial charge >= 0.3 is 0 Å². The van der Waals surface area contributed by atoms with Crippen molar-refractivity contribution in [2.24, 2.45) is 0 Å². The molecule has 2 aromatic rings. The number of phenolic OH excluding ortho intramolecular Hbond substituents is 1. The molecule has 4 heteroatoms. The monoisotopic (exact) mass is 339 g/mol. The summed E-state index contributed by atoms with van der Waals surface area (Å²) >= 11 is 0. The minimum absolute atomic E-state index is 0.00245. The summed E-state index contributed by atoms with van der Waals surface area (Å²) < 4.78 is 6.23. The predicted octanol–water partition coefficient (Wildman–Crippen LogP) is 4.31. The van der Waals surface area contributed by atoms with Gasteiger partial charge in [-0.1, -0.05) is 37.1 Å². The van der Waals surface area contributed by atoms with E-state index in [1.807, 2.05) is 52.0 Å². The van der Waals surface area contributed by atoms with Crippen LogP contribution in [0.15, 0.2) is 24.3 Å². The first-order chi connectivity index (χ1) is 11.8. The Kier molecular flexibility index (Phi) is 4.23. The summed E-state index contributed by atoms with van der Waals surface area (Å²) in [6.45, 7) is 8.11. The number of aromatic hydroxyl groups is 1. The molecule has 0 radical (unpaired) electrons. The van der Waals surface area contributed by atoms with E-state index in [1.165, 1.54) is 0 Å². The minimum Gasteiger partial charge on any atom is -0.506 e. The number of hydrogen-bond acceptors (Lipinski definition) is 3. The summed E-state index contributed by atoms with van der Waals surface area (Å²) in [6, 6.07) is 8.03. The molecule has 0 atom stereocenters. The smallest absolute Gasteiger partial charge is 0.255 e. The van der Waals surface area contributed by atoms with E-state index in [9.17, 15) is 9.90 Å². The molecular weight excluding hydrogens is 314 g/mol. The Bertz CT molecular complexity index is 853. The lowest BCUT2D eigenvalue weighted by atomic mass is 9.83. The molecule has 1 aliphatic heterocycles. The van der Waals surface area contributed by atoms with Crippen LogP contribution in [-0.2, 0) is 12.0 Å². The zero-order valence-electron chi connectivity index (χ0n) is 15.5. The van der Waals surface area contributed by atoms with Gasteiger partial charge in [-0.2, -0.15) is 0 Å². The number of hydrogen-bond donors (Lipinski definition) is 2. The maximum atomic E-state index is 12.4. The molecule has 0 aromatic heterocycles. The molecule has 0 unspecified atom stereocenters. The fourth-order valence-corrected chi connectivity index (χ4v) is 3.60. The van der Waals surface area contributed by atoms with E-state index in [0.29, 0.717) is 23.3 Å². The van der Waals surface area contributed by atoms with Crippen molar-refractivity contribution in [3.05, 3.63) is 46.5 Å². The van der Waals surface area contributed by atoms with Crippen LogP contribution in [-0.4, -0.2) is 18.1 Å². The Balaban J connectivity index is 2.36. The summed E-state index contributed by atoms with van der Waals surface area (Å²) in [5.41, 5.74) is 4.30. The average Bonchev–Trinajstić information content (AvgIpc) is 2.53. The second-order valence-corrected chi connectivity index (χ2v) is 7.12. The molecule has 2 aromatic carbocycles. The molecule has 0 spiro atoms. The zero-order valence-corrected chi connectivity index (χ0v) is 15.5. The third-order valence-electron chi connectivity index (χ3n) is 4.78. The van der Waals surface area contributed by atoms with Gasteiger partial charge in [-0.15, -0.1) is 0 Å². The van der Waals surface area contributed by atoms with Crippen LogP contribution in [0.3, 0.4) is 0 Å². The van der Waals surface area contributed by atoms with Crippen molar-refractivity contribution < 1.29 is 14.6 Å². The fraction of sp³-hybridized carbons (Fsp3) is 0.381. The van der Waals surface area contributed by atoms with Crippen molar-refractivity contribution in [1.29, 1.82) is 0 Å². The van der Waals surface area contributed by atoms with Gasteiger partial charge < -0.3 is 15.2 Å². The molecule has 0 fully saturated rings. The van der Waals surface area contributed by atoms with E-state index < -0.39 is 5.60 Å². The predicted molar refractivity (Wildman–Crippen MR) is 99.3 cm³/mol. The lowest BCUT2D eigenvalue weighted by Crippen LogP contribution is -2.30. The molecule has 132 valence electrons. The Morgan fingerprint density at radius 2 is 2.00 bits per heavy atom. The number of amides is 1. The van der Waals surface area contributed by atoms with E-state index in [2.05, 4.69) is 5.32 Å². The number of nitrogens with one attached hydrogen (secondary N) is 1. The highest BCUT2D eigenvalue weighted by Gasteiger charge is 2.36. The van der Waals surface area contributed by atoms with E-state index >= 15 is 0 Å². The number of phenols is 1. The molecule has 3 rings (SSSR count). The van der Waals surface area contributed by atoms with Gasteiger partial charge in [0.2, 0.25) is 0 Å². The van der Waals surface area contributed by atoms with Gasteiger partial charge in [0.05, 0.1) is 11.1 Å². The maximum Gasteiger partial charge on any atom is 0.255 e. The molecule has 4 nitrogen and oxygen atoms in total. The van der Waals surface area contributed by atoms with Gasteiger partial charge in [0.25, 0.3) is 5.91 Å². The zero-order chi connectivity index (χ0) is 18.4. The number of ether oxygens (including phenoxy) is 1. The van der Waals surface area contributed by atoms with Crippen LogP contribution < -0.4 is 10.1 Å². The summed E-state index contributed by atoms with van der Waals surface area (Å²) in [7, 11) is 1.58. The molecule has 25 heavy (non-hydrogen) atoms. The number of rotatable bonds is 3. The van der Waals surface area contributed by atoms with Gasteiger partial charge in [-0.3, -0.25) is 4.79 Å². The second kappa shape index (κ2) is 6.10. The van der Waals surface area contributed by atoms with E-state index in [0.717, 1.165) is 28.7 Å². The topological polar surface area (TPSA) is 58.6 Å². The van der Waals surface area contributed by atoms with Gasteiger partial charge in [-0.25, -0.2) is 0 Å². The van der Waals surface area contributed by atoms with E-state index in [-0.39, 0.29) is 11.7 Å². The first kappa shape index (κ1) is 17.3. The fourth-order valence-electron chi connectivity index (χ4n) is 3.60. The van der Waals surface area contributed by atoms with Crippen LogP contribution in [0.4, 0.5) is 0 Å². The average molecular weight is 339 g/mol. The van der Waals surface area contributed by atoms with Gasteiger partial charge in [0.1, 0.15) is 17.1 Å². The molecule has 0 saturated heterocycles. The van der Waals surface area contributed by atoms with Crippen LogP contribution in [0.5, 0.6) is 11.5 Å². The minimum atomic E-state index is -0.500. The number of carbonyl (C=O) groups excluding carboxylic acids is 1. The van der Waals surface area contributed by atoms with Crippen LogP contribution in [0.25, 0.3) is 11.1 Å². The van der Waals surface area contributed by atoms with Gasteiger partial charge in [-0.05, 0) is 44.4 Å². The highest BCUT2D eigenvalue weighted by molar-refractivity contribution is 6.02. The van der Waals surface area contributed by atoms with Gasteiger partial charge in [0.15, 0.2) is 0 Å². The maximum absolute atomic E-state index is 12.4. The van der Waals surface area contributed by atoms with Crippen molar-refractivity contribution in [1.82, 2.24) is 5.32 Å². The summed E-state index contributed by atoms with van der Waals surface area (Å²) in [5, 5.41) is 13.7. The second-order valence-electron chi connectivity index (χ2n) is 7.12. The van der Waals surface area contributed by atoms with Crippen molar-refractivity contribution >= 4 is 5.91 Å². The Hall–Kier alpha value is -2.49. The van der Waals surface area contributed by atoms with Crippen molar-refractivity contribution in [3.63, 3.8) is 0 Å². The van der Waals surface area contributed by atoms with Gasteiger partial charge in [0, 0.05) is 12.6 Å². The SMILES string of the molecule is CCCc1cc2c(c(O)c1C(=O)NC)-c1cc(C)ccc1C(C)(C)O2. The first-order valence-corrected chi connectivity index (χ1v) is 8.71. The summed E-state index contributed by atoms with van der Waals surface area (Å²) in [6.07, 6.45) is 1.58. The van der Waals surface area contributed by atoms with E-state index in [1.54, 1.807) is 7.05 Å². The normalized spacial score (nSPS) is 14.3. The van der Waals surface area contributed by atoms with Crippen LogP contribution in [0.1, 0.15) is 54.2 Å². The Morgan fingerprint density at radius 1 is 1.28 bits per heavy atom. The van der Waals surface area contributed by atoms with Crippen LogP contribution in [0, 0.1) is 6.92 Å². The Morgan fingerprint density at radius 3 is 2.64 bits per heavy atom. The summed E-state index contributed by atoms with van der Waals surface area (Å²) in [5.74, 6) is 0.363. The highest BCUT2D eigenvalue weighted by atomic mass is 16.5. The van der Waals surface area contributed by atoms with E-state index in [4.69, 9.17) is 4.74 Å². The number of benzene rings is 2. The lowest BCUT2D eigenvalue weighted by Gasteiger charge is -2.36. The largest absolute Gasteiger partial charge is 0.506 e. The molecule has 0 bridgehead atoms. The van der Waals surface area contributed by atoms with Crippen LogP contribution in [0.2, 0.25) is 0 Å². The first-order valence-electron chi connectivity index (χ1n) is 8.71. The standard InChI is InChI=1S/C21H25NO3/c1-6-7-13-11-16-18(19(23)17(13)20(24)22-5)14-10-12(2)8-9-15(14)21(3,4)25-16/h8-11,23H,6-7H2,1-5H3,(H,22,24). The van der Waals surface area contributed by atoms with Crippen molar-refractivity contribution in [2.45, 2.75) is 46.1 Å². The molecule has 0 aliphatic carbocycles. The van der Waals surface area contributed by atoms with Crippen LogP contribution >= 0.6 is 0 Å². The van der Waals surface area contributed by atoms with Crippen molar-refractivity contribution in [3.8, 4) is 22.6 Å². The number of carbonyl (C=O) groups is 1. The van der Waals surface area contributed by atoms with Crippen molar-refractivity contribution in [2.75, 3.05) is 7.05 Å². The number of fused-ring (bicyclic) bond motifs is 3. The number of aryl methyl sites for hydroxylation is 2. The quantitative estimate of drug-likeness (QED) is 0.876. The Labute approximate surface area is 148 Å². The molecule has 1 amide bonds. The third-order valence-corrected chi connectivity index (χ3v) is 4.78. The molecule has 1 heterocycles. The summed E-state index contributed by atoms with van der Waals surface area (Å²) in [4.78, 5) is 12.4. The molecule has 2 N–H and O–H groups in total. The molecular formula is C21H25NO3. The lowest BCUT2D eigenvalue weighted by molar-refractivity contribution is 0.0957. The third kappa shape index (κ3) is 2.76.